The van der Waals surface area contributed by atoms with E-state index in [4.69, 9.17) is 5.73 Å². The van der Waals surface area contributed by atoms with Gasteiger partial charge >= 0.3 is 0 Å². The van der Waals surface area contributed by atoms with E-state index in [-0.39, 0.29) is 30.0 Å². The van der Waals surface area contributed by atoms with E-state index >= 15 is 0 Å². The molecule has 2 unspecified atom stereocenters. The second kappa shape index (κ2) is 7.14. The van der Waals surface area contributed by atoms with E-state index in [1.54, 1.807) is 12.1 Å². The molecule has 0 aromatic heterocycles. The number of hydrogen-bond acceptors (Lipinski definition) is 4. The summed E-state index contributed by atoms with van der Waals surface area (Å²) in [5.74, 6) is -0.450. The minimum absolute atomic E-state index is 0.00799. The lowest BCUT2D eigenvalue weighted by Crippen LogP contribution is -2.40. The van der Waals surface area contributed by atoms with Crippen molar-refractivity contribution in [1.82, 2.24) is 4.90 Å². The topological polar surface area (TPSA) is 66.6 Å². The highest BCUT2D eigenvalue weighted by Gasteiger charge is 2.43. The molecule has 3 rings (SSSR count). The molecule has 2 N–H and O–H groups in total. The van der Waals surface area contributed by atoms with Gasteiger partial charge in [0.25, 0.3) is 11.4 Å². The first kappa shape index (κ1) is 17.3. The number of carbonyl (C=O) groups excluding carboxylic acids is 1. The van der Waals surface area contributed by atoms with Crippen molar-refractivity contribution in [2.45, 2.75) is 5.50 Å². The molecule has 2 fully saturated rings. The molecule has 5 nitrogen and oxygen atoms in total. The number of likely N-dealkylation sites (tertiary alicyclic amines) is 1. The summed E-state index contributed by atoms with van der Waals surface area (Å²) in [4.78, 5) is 15.8. The van der Waals surface area contributed by atoms with Gasteiger partial charge in [0.1, 0.15) is 5.82 Å². The molecular formula is C16H21F2N3O2S. The number of anilines is 1. The fourth-order valence-corrected chi connectivity index (χ4v) is 4.32. The number of amides is 1. The van der Waals surface area contributed by atoms with Crippen molar-refractivity contribution in [1.29, 1.82) is 0 Å². The second-order valence-corrected chi connectivity index (χ2v) is 7.92. The van der Waals surface area contributed by atoms with Crippen molar-refractivity contribution < 1.29 is 17.8 Å². The Labute approximate surface area is 142 Å². The van der Waals surface area contributed by atoms with Crippen LogP contribution in [0.15, 0.2) is 24.3 Å². The predicted molar refractivity (Wildman–Crippen MR) is 89.1 cm³/mol. The fraction of sp³-hybridized carbons (Fsp3) is 0.562. The number of alkyl halides is 1. The molecule has 2 aliphatic heterocycles. The summed E-state index contributed by atoms with van der Waals surface area (Å²) in [6, 6.07) is 6.35. The summed E-state index contributed by atoms with van der Waals surface area (Å²) >= 11 is 0. The highest BCUT2D eigenvalue weighted by Crippen LogP contribution is 2.34. The molecule has 4 atom stereocenters. The molecule has 2 saturated heterocycles. The van der Waals surface area contributed by atoms with Gasteiger partial charge < -0.3 is 15.5 Å². The smallest absolute Gasteiger partial charge is 0.270 e. The molecule has 0 saturated carbocycles. The van der Waals surface area contributed by atoms with E-state index in [1.807, 2.05) is 0 Å². The first-order valence-corrected chi connectivity index (χ1v) is 9.38. The first-order valence-electron chi connectivity index (χ1n) is 8.00. The molecule has 0 radical (unpaired) electrons. The summed E-state index contributed by atoms with van der Waals surface area (Å²) in [6.45, 7) is 2.55. The van der Waals surface area contributed by atoms with Crippen LogP contribution in [0.1, 0.15) is 0 Å². The van der Waals surface area contributed by atoms with Gasteiger partial charge in [0.15, 0.2) is 0 Å². The van der Waals surface area contributed by atoms with Gasteiger partial charge in [0, 0.05) is 56.0 Å². The van der Waals surface area contributed by atoms with E-state index in [9.17, 15) is 17.8 Å². The van der Waals surface area contributed by atoms with Crippen molar-refractivity contribution in [3.05, 3.63) is 30.1 Å². The molecular weight excluding hydrogens is 336 g/mol. The van der Waals surface area contributed by atoms with E-state index in [0.717, 1.165) is 18.8 Å². The van der Waals surface area contributed by atoms with Crippen LogP contribution >= 0.6 is 0 Å². The quantitative estimate of drug-likeness (QED) is 0.843. The third-order valence-electron chi connectivity index (χ3n) is 4.73. The van der Waals surface area contributed by atoms with Gasteiger partial charge in [-0.1, -0.05) is 0 Å². The monoisotopic (exact) mass is 357 g/mol. The molecule has 2 heterocycles. The van der Waals surface area contributed by atoms with Crippen LogP contribution in [0.5, 0.6) is 0 Å². The van der Waals surface area contributed by atoms with Crippen LogP contribution in [-0.4, -0.2) is 59.0 Å². The van der Waals surface area contributed by atoms with Gasteiger partial charge in [-0.2, -0.15) is 0 Å². The Morgan fingerprint density at radius 3 is 2.33 bits per heavy atom. The highest BCUT2D eigenvalue weighted by molar-refractivity contribution is 7.86. The van der Waals surface area contributed by atoms with Gasteiger partial charge in [0.05, 0.1) is 10.8 Å². The molecule has 1 aromatic rings. The zero-order chi connectivity index (χ0) is 17.3. The Kier molecular flexibility index (Phi) is 5.15. The first-order chi connectivity index (χ1) is 11.5. The minimum atomic E-state index is -1.99. The fourth-order valence-electron chi connectivity index (χ4n) is 3.51. The van der Waals surface area contributed by atoms with Gasteiger partial charge in [-0.25, -0.2) is 8.78 Å². The third kappa shape index (κ3) is 3.44. The Morgan fingerprint density at radius 2 is 1.79 bits per heavy atom. The van der Waals surface area contributed by atoms with Gasteiger partial charge in [-0.05, 0) is 24.3 Å². The van der Waals surface area contributed by atoms with Crippen LogP contribution in [0.25, 0.3) is 0 Å². The Balaban J connectivity index is 1.57. The predicted octanol–water partition coefficient (Wildman–Crippen LogP) is 0.723. The summed E-state index contributed by atoms with van der Waals surface area (Å²) in [5.41, 5.74) is 4.23. The average molecular weight is 357 g/mol. The Morgan fingerprint density at radius 1 is 1.21 bits per heavy atom. The molecule has 0 bridgehead atoms. The maximum absolute atomic E-state index is 14.0. The van der Waals surface area contributed by atoms with Gasteiger partial charge in [-0.3, -0.25) is 9.00 Å². The van der Waals surface area contributed by atoms with Crippen LogP contribution < -0.4 is 10.6 Å². The number of benzene rings is 1. The lowest BCUT2D eigenvalue weighted by molar-refractivity contribution is -0.132. The molecule has 0 spiro atoms. The molecule has 24 heavy (non-hydrogen) atoms. The molecule has 0 aliphatic carbocycles. The number of rotatable bonds is 5. The zero-order valence-electron chi connectivity index (χ0n) is 13.2. The van der Waals surface area contributed by atoms with E-state index < -0.39 is 22.2 Å². The molecule has 2 aliphatic rings. The summed E-state index contributed by atoms with van der Waals surface area (Å²) < 4.78 is 38.6. The number of halogens is 2. The Hall–Kier alpha value is -1.54. The van der Waals surface area contributed by atoms with Crippen molar-refractivity contribution in [3.8, 4) is 0 Å². The third-order valence-corrected chi connectivity index (χ3v) is 6.04. The van der Waals surface area contributed by atoms with E-state index in [1.165, 1.54) is 17.0 Å². The SMILES string of the molecule is NCCS(=O)C(F)C(=O)N1C[C@@H]2CN(c3ccc(F)cc3)C[C@@H]2C1. The zero-order valence-corrected chi connectivity index (χ0v) is 14.1. The maximum Gasteiger partial charge on any atom is 0.270 e. The van der Waals surface area contributed by atoms with Crippen LogP contribution in [0.2, 0.25) is 0 Å². The summed E-state index contributed by atoms with van der Waals surface area (Å²) in [5, 5.41) is 0. The van der Waals surface area contributed by atoms with Crippen LogP contribution in [0.3, 0.4) is 0 Å². The Bertz CT molecular complexity index is 614. The number of nitrogens with two attached hydrogens (primary N) is 1. The van der Waals surface area contributed by atoms with Crippen molar-refractivity contribution in [2.75, 3.05) is 43.4 Å². The summed E-state index contributed by atoms with van der Waals surface area (Å²) in [6.07, 6.45) is 0. The van der Waals surface area contributed by atoms with Gasteiger partial charge in [-0.15, -0.1) is 0 Å². The van der Waals surface area contributed by atoms with Crippen molar-refractivity contribution in [2.24, 2.45) is 17.6 Å². The number of carbonyl (C=O) groups is 1. The number of fused-ring (bicyclic) bond motifs is 1. The normalized spacial score (nSPS) is 25.6. The highest BCUT2D eigenvalue weighted by atomic mass is 32.2. The van der Waals surface area contributed by atoms with Crippen molar-refractivity contribution in [3.63, 3.8) is 0 Å². The summed E-state index contributed by atoms with van der Waals surface area (Å²) in [7, 11) is -1.87. The molecule has 1 amide bonds. The largest absolute Gasteiger partial charge is 0.371 e. The maximum atomic E-state index is 14.0. The van der Waals surface area contributed by atoms with Gasteiger partial charge in [0.2, 0.25) is 0 Å². The molecule has 1 aromatic carbocycles. The van der Waals surface area contributed by atoms with Crippen LogP contribution in [0, 0.1) is 17.7 Å². The van der Waals surface area contributed by atoms with Crippen molar-refractivity contribution >= 4 is 22.4 Å². The standard InChI is InChI=1S/C16H21F2N3O2S/c17-13-1-3-14(4-2-13)20-7-11-9-21(10-12(11)8-20)16(22)15(18)24(23)6-5-19/h1-4,11-12,15H,5-10,19H2/t11-,12+,15?,24?. The lowest BCUT2D eigenvalue weighted by Gasteiger charge is -2.24. The van der Waals surface area contributed by atoms with Crippen LogP contribution in [-0.2, 0) is 15.6 Å². The molecule has 132 valence electrons. The van der Waals surface area contributed by atoms with Crippen LogP contribution in [0.4, 0.5) is 14.5 Å². The van der Waals surface area contributed by atoms with E-state index in [2.05, 4.69) is 4.90 Å². The number of hydrogen-bond donors (Lipinski definition) is 1. The lowest BCUT2D eigenvalue weighted by atomic mass is 10.0. The number of nitrogens with zero attached hydrogens (tertiary/aromatic N) is 2. The minimum Gasteiger partial charge on any atom is -0.371 e. The molecule has 8 heteroatoms. The van der Waals surface area contributed by atoms with E-state index in [0.29, 0.717) is 13.1 Å². The average Bonchev–Trinajstić information content (AvgIpc) is 3.13. The second-order valence-electron chi connectivity index (χ2n) is 6.33.